The van der Waals surface area contributed by atoms with E-state index in [1.165, 1.54) is 57.8 Å². The lowest BCUT2D eigenvalue weighted by molar-refractivity contribution is -0.185. The molecule has 0 aromatic carbocycles. The molecular formula is C24H41NO. The zero-order valence-electron chi connectivity index (χ0n) is 17.9. The van der Waals surface area contributed by atoms with Crippen LogP contribution >= 0.6 is 0 Å². The van der Waals surface area contributed by atoms with Crippen molar-refractivity contribution in [2.45, 2.75) is 104 Å². The lowest BCUT2D eigenvalue weighted by atomic mass is 9.41. The van der Waals surface area contributed by atoms with E-state index in [2.05, 4.69) is 39.6 Å². The first-order valence-electron chi connectivity index (χ1n) is 11.5. The Balaban J connectivity index is 1.76. The Morgan fingerprint density at radius 1 is 1.08 bits per heavy atom. The normalized spacial score (nSPS) is 51.0. The number of hydrogen-bond acceptors (Lipinski definition) is 1. The molecule has 2 nitrogen and oxygen atoms in total. The fourth-order valence-corrected chi connectivity index (χ4v) is 8.40. The van der Waals surface area contributed by atoms with Crippen molar-refractivity contribution in [2.24, 2.45) is 34.0 Å². The molecule has 2 unspecified atom stereocenters. The third-order valence-corrected chi connectivity index (χ3v) is 9.96. The molecule has 0 bridgehead atoms. The van der Waals surface area contributed by atoms with E-state index < -0.39 is 0 Å². The molecule has 0 N–H and O–H groups in total. The molecule has 1 saturated heterocycles. The lowest BCUT2D eigenvalue weighted by Gasteiger charge is -2.67. The minimum Gasteiger partial charge on any atom is -0.342 e. The number of carbonyl (C=O) groups excluding carboxylic acids is 1. The average Bonchev–Trinajstić information content (AvgIpc) is 3.00. The van der Waals surface area contributed by atoms with E-state index in [-0.39, 0.29) is 0 Å². The standard InChI is InChI=1S/C24H41NO/c1-6-7-12-23(3)16-19-24(4,15-11-20(26)25(19)5)18-10-14-22(2)13-8-9-17(22)21(18)23/h17-19,21H,6-16H2,1-5H3/t17-,18+,19?,21-,22-,23?,24+/m0/s1. The van der Waals surface area contributed by atoms with Crippen molar-refractivity contribution in [2.75, 3.05) is 7.05 Å². The zero-order valence-corrected chi connectivity index (χ0v) is 17.9. The van der Waals surface area contributed by atoms with Gasteiger partial charge in [0, 0.05) is 19.5 Å². The van der Waals surface area contributed by atoms with Crippen LogP contribution < -0.4 is 0 Å². The largest absolute Gasteiger partial charge is 0.342 e. The number of hydrogen-bond donors (Lipinski definition) is 0. The number of nitrogens with zero attached hydrogens (tertiary/aromatic N) is 1. The van der Waals surface area contributed by atoms with Gasteiger partial charge < -0.3 is 4.90 Å². The second-order valence-corrected chi connectivity index (χ2v) is 11.3. The molecule has 7 atom stereocenters. The first-order valence-corrected chi connectivity index (χ1v) is 11.5. The second-order valence-electron chi connectivity index (χ2n) is 11.3. The van der Waals surface area contributed by atoms with E-state index in [1.807, 2.05) is 0 Å². The summed E-state index contributed by atoms with van der Waals surface area (Å²) in [5, 5.41) is 0. The summed E-state index contributed by atoms with van der Waals surface area (Å²) in [6.45, 7) is 10.1. The fraction of sp³-hybridized carbons (Fsp3) is 0.958. The topological polar surface area (TPSA) is 20.3 Å². The maximum atomic E-state index is 12.5. The van der Waals surface area contributed by atoms with Crippen molar-refractivity contribution < 1.29 is 4.79 Å². The van der Waals surface area contributed by atoms with E-state index in [0.717, 1.165) is 30.6 Å². The number of likely N-dealkylation sites (tertiary alicyclic amines) is 1. The zero-order chi connectivity index (χ0) is 18.7. The molecule has 0 spiro atoms. The van der Waals surface area contributed by atoms with Crippen LogP contribution in [0.2, 0.25) is 0 Å². The van der Waals surface area contributed by atoms with Gasteiger partial charge in [-0.15, -0.1) is 0 Å². The highest BCUT2D eigenvalue weighted by Gasteiger charge is 2.64. The predicted molar refractivity (Wildman–Crippen MR) is 108 cm³/mol. The molecule has 3 aliphatic carbocycles. The monoisotopic (exact) mass is 359 g/mol. The van der Waals surface area contributed by atoms with Gasteiger partial charge in [0.05, 0.1) is 0 Å². The molecule has 4 fully saturated rings. The van der Waals surface area contributed by atoms with Crippen LogP contribution in [0.3, 0.4) is 0 Å². The molecule has 0 aromatic rings. The number of piperidine rings is 1. The summed E-state index contributed by atoms with van der Waals surface area (Å²) in [5.41, 5.74) is 1.38. The van der Waals surface area contributed by atoms with Gasteiger partial charge in [0.2, 0.25) is 5.91 Å². The molecule has 1 amide bonds. The Kier molecular flexibility index (Phi) is 4.52. The maximum Gasteiger partial charge on any atom is 0.222 e. The molecular weight excluding hydrogens is 318 g/mol. The summed E-state index contributed by atoms with van der Waals surface area (Å²) in [6, 6.07) is 0.470. The number of carbonyl (C=O) groups is 1. The Morgan fingerprint density at radius 3 is 2.58 bits per heavy atom. The van der Waals surface area contributed by atoms with Crippen LogP contribution in [0.25, 0.3) is 0 Å². The average molecular weight is 360 g/mol. The Hall–Kier alpha value is -0.530. The van der Waals surface area contributed by atoms with Crippen molar-refractivity contribution in [1.29, 1.82) is 0 Å². The first-order chi connectivity index (χ1) is 12.3. The third kappa shape index (κ3) is 2.53. The van der Waals surface area contributed by atoms with Gasteiger partial charge >= 0.3 is 0 Å². The smallest absolute Gasteiger partial charge is 0.222 e. The highest BCUT2D eigenvalue weighted by Crippen LogP contribution is 2.69. The molecule has 0 aromatic heterocycles. The van der Waals surface area contributed by atoms with Crippen LogP contribution in [0.5, 0.6) is 0 Å². The third-order valence-electron chi connectivity index (χ3n) is 9.96. The fourth-order valence-electron chi connectivity index (χ4n) is 8.40. The van der Waals surface area contributed by atoms with Gasteiger partial charge in [0.15, 0.2) is 0 Å². The van der Waals surface area contributed by atoms with Gasteiger partial charge in [-0.25, -0.2) is 0 Å². The van der Waals surface area contributed by atoms with Crippen molar-refractivity contribution in [1.82, 2.24) is 4.90 Å². The molecule has 3 saturated carbocycles. The Morgan fingerprint density at radius 2 is 1.85 bits per heavy atom. The van der Waals surface area contributed by atoms with E-state index >= 15 is 0 Å². The summed E-state index contributed by atoms with van der Waals surface area (Å²) in [6.07, 6.45) is 14.4. The molecule has 148 valence electrons. The lowest BCUT2D eigenvalue weighted by Crippen LogP contribution is -2.65. The number of rotatable bonds is 3. The molecule has 4 aliphatic rings. The van der Waals surface area contributed by atoms with E-state index in [1.54, 1.807) is 0 Å². The number of amides is 1. The minimum absolute atomic E-state index is 0.350. The van der Waals surface area contributed by atoms with Gasteiger partial charge in [-0.2, -0.15) is 0 Å². The number of fused-ring (bicyclic) bond motifs is 5. The van der Waals surface area contributed by atoms with Crippen LogP contribution in [0.15, 0.2) is 0 Å². The van der Waals surface area contributed by atoms with Crippen molar-refractivity contribution >= 4 is 5.91 Å². The van der Waals surface area contributed by atoms with Crippen molar-refractivity contribution in [3.05, 3.63) is 0 Å². The van der Waals surface area contributed by atoms with Gasteiger partial charge in [0.25, 0.3) is 0 Å². The van der Waals surface area contributed by atoms with Crippen LogP contribution in [0.4, 0.5) is 0 Å². The minimum atomic E-state index is 0.350. The predicted octanol–water partition coefficient (Wildman–Crippen LogP) is 6.05. The maximum absolute atomic E-state index is 12.5. The molecule has 0 radical (unpaired) electrons. The Labute approximate surface area is 161 Å². The van der Waals surface area contributed by atoms with E-state index in [9.17, 15) is 4.79 Å². The van der Waals surface area contributed by atoms with Crippen molar-refractivity contribution in [3.63, 3.8) is 0 Å². The summed E-state index contributed by atoms with van der Waals surface area (Å²) >= 11 is 0. The van der Waals surface area contributed by atoms with Crippen LogP contribution in [0, 0.1) is 34.0 Å². The second kappa shape index (κ2) is 6.24. The highest BCUT2D eigenvalue weighted by molar-refractivity contribution is 5.77. The molecule has 1 aliphatic heterocycles. The van der Waals surface area contributed by atoms with E-state index in [0.29, 0.717) is 28.2 Å². The molecule has 2 heteroatoms. The van der Waals surface area contributed by atoms with Crippen LogP contribution in [-0.2, 0) is 4.79 Å². The molecule has 26 heavy (non-hydrogen) atoms. The first kappa shape index (κ1) is 18.8. The highest BCUT2D eigenvalue weighted by atomic mass is 16.2. The summed E-state index contributed by atoms with van der Waals surface area (Å²) < 4.78 is 0. The van der Waals surface area contributed by atoms with Crippen LogP contribution in [-0.4, -0.2) is 23.9 Å². The van der Waals surface area contributed by atoms with E-state index in [4.69, 9.17) is 0 Å². The summed E-state index contributed by atoms with van der Waals surface area (Å²) in [4.78, 5) is 14.7. The quantitative estimate of drug-likeness (QED) is 0.601. The molecule has 1 heterocycles. The molecule has 4 rings (SSSR count). The summed E-state index contributed by atoms with van der Waals surface area (Å²) in [5.74, 6) is 3.04. The van der Waals surface area contributed by atoms with Gasteiger partial charge in [-0.3, -0.25) is 4.79 Å². The summed E-state index contributed by atoms with van der Waals surface area (Å²) in [7, 11) is 2.10. The SMILES string of the molecule is CCCCC1(C)CC2N(C)C(=O)CC[C@]2(C)[C@@H]2CC[C@]3(C)CCC[C@H]3[C@@H]21. The van der Waals surface area contributed by atoms with Crippen LogP contribution in [0.1, 0.15) is 98.3 Å². The van der Waals surface area contributed by atoms with Gasteiger partial charge in [0.1, 0.15) is 0 Å². The van der Waals surface area contributed by atoms with Gasteiger partial charge in [-0.05, 0) is 78.9 Å². The number of unbranched alkanes of at least 4 members (excludes halogenated alkanes) is 1. The van der Waals surface area contributed by atoms with Gasteiger partial charge in [-0.1, -0.05) is 47.0 Å². The van der Waals surface area contributed by atoms with Crippen molar-refractivity contribution in [3.8, 4) is 0 Å². The Bertz CT molecular complexity index is 573.